The van der Waals surface area contributed by atoms with Crippen LogP contribution in [0.1, 0.15) is 116 Å². The Morgan fingerprint density at radius 1 is 0.424 bits per heavy atom. The summed E-state index contributed by atoms with van der Waals surface area (Å²) in [7, 11) is 0. The number of unbranched alkanes of at least 4 members (excludes halogenated alkanes) is 15. The molecule has 0 aromatic heterocycles. The summed E-state index contributed by atoms with van der Waals surface area (Å²) in [6.07, 6.45) is 24.4. The highest BCUT2D eigenvalue weighted by Gasteiger charge is 2.07. The Labute approximate surface area is 207 Å². The van der Waals surface area contributed by atoms with Crippen LogP contribution in [-0.2, 0) is 0 Å². The van der Waals surface area contributed by atoms with Crippen LogP contribution in [-0.4, -0.2) is 64.9 Å². The van der Waals surface area contributed by atoms with Gasteiger partial charge in [0.1, 0.15) is 0 Å². The summed E-state index contributed by atoms with van der Waals surface area (Å²) in [6.45, 7) is 11.9. The largest absolute Gasteiger partial charge is 0.314 e. The third-order valence-electron chi connectivity index (χ3n) is 6.97. The first-order chi connectivity index (χ1) is 16.4. The molecule has 1 saturated heterocycles. The number of hydrogen-bond acceptors (Lipinski definition) is 5. The standard InChI is InChI=1S/C28H61N5/c1-2-3-4-5-6-7-8-9-10-11-12-13-14-15-16-17-18-28-27-32-24-23-30-20-19-29-21-22-31-25-26-33-28/h28-33H,2-27H2,1H3. The van der Waals surface area contributed by atoms with Crippen LogP contribution in [0.25, 0.3) is 0 Å². The Hall–Kier alpha value is -0.200. The monoisotopic (exact) mass is 467 g/mol. The summed E-state index contributed by atoms with van der Waals surface area (Å²) in [5.41, 5.74) is 0. The summed E-state index contributed by atoms with van der Waals surface area (Å²) in [5.74, 6) is 0. The number of nitrogens with one attached hydrogen (secondary N) is 5. The van der Waals surface area contributed by atoms with E-state index in [1.54, 1.807) is 0 Å². The Bertz CT molecular complexity index is 350. The summed E-state index contributed by atoms with van der Waals surface area (Å²) < 4.78 is 0. The van der Waals surface area contributed by atoms with E-state index in [-0.39, 0.29) is 0 Å². The van der Waals surface area contributed by atoms with E-state index in [1.807, 2.05) is 0 Å². The molecule has 5 nitrogen and oxygen atoms in total. The van der Waals surface area contributed by atoms with Crippen LogP contribution in [0.5, 0.6) is 0 Å². The average molecular weight is 468 g/mol. The fourth-order valence-corrected chi connectivity index (χ4v) is 4.76. The summed E-state index contributed by atoms with van der Waals surface area (Å²) in [6, 6.07) is 0.613. The van der Waals surface area contributed by atoms with Gasteiger partial charge < -0.3 is 26.6 Å². The Morgan fingerprint density at radius 3 is 1.24 bits per heavy atom. The van der Waals surface area contributed by atoms with Crippen LogP contribution in [0.2, 0.25) is 0 Å². The van der Waals surface area contributed by atoms with Gasteiger partial charge in [0.15, 0.2) is 0 Å². The van der Waals surface area contributed by atoms with Gasteiger partial charge in [0.25, 0.3) is 0 Å². The molecule has 0 saturated carbocycles. The van der Waals surface area contributed by atoms with Crippen molar-refractivity contribution in [3.8, 4) is 0 Å². The molecule has 1 unspecified atom stereocenters. The third-order valence-corrected chi connectivity index (χ3v) is 6.97. The summed E-state index contributed by atoms with van der Waals surface area (Å²) in [5, 5.41) is 17.9. The van der Waals surface area contributed by atoms with Crippen molar-refractivity contribution in [1.29, 1.82) is 0 Å². The van der Waals surface area contributed by atoms with E-state index in [0.29, 0.717) is 6.04 Å². The lowest BCUT2D eigenvalue weighted by atomic mass is 10.0. The van der Waals surface area contributed by atoms with Gasteiger partial charge in [-0.25, -0.2) is 0 Å². The van der Waals surface area contributed by atoms with Crippen LogP contribution in [0.4, 0.5) is 0 Å². The van der Waals surface area contributed by atoms with Gasteiger partial charge >= 0.3 is 0 Å². The molecule has 33 heavy (non-hydrogen) atoms. The molecule has 1 rings (SSSR count). The molecule has 0 aliphatic carbocycles. The zero-order valence-electron chi connectivity index (χ0n) is 22.5. The topological polar surface area (TPSA) is 60.1 Å². The average Bonchev–Trinajstić information content (AvgIpc) is 2.84. The van der Waals surface area contributed by atoms with Gasteiger partial charge in [0, 0.05) is 64.9 Å². The van der Waals surface area contributed by atoms with Crippen molar-refractivity contribution in [3.05, 3.63) is 0 Å². The molecule has 1 heterocycles. The summed E-state index contributed by atoms with van der Waals surface area (Å²) >= 11 is 0. The minimum absolute atomic E-state index is 0.613. The molecule has 0 bridgehead atoms. The van der Waals surface area contributed by atoms with Crippen molar-refractivity contribution in [2.75, 3.05) is 58.9 Å². The van der Waals surface area contributed by atoms with Gasteiger partial charge in [-0.15, -0.1) is 0 Å². The molecule has 1 atom stereocenters. The van der Waals surface area contributed by atoms with Crippen LogP contribution < -0.4 is 26.6 Å². The minimum atomic E-state index is 0.613. The zero-order chi connectivity index (χ0) is 23.5. The fourth-order valence-electron chi connectivity index (χ4n) is 4.76. The maximum Gasteiger partial charge on any atom is 0.0193 e. The lowest BCUT2D eigenvalue weighted by molar-refractivity contribution is 0.424. The molecule has 0 amide bonds. The van der Waals surface area contributed by atoms with Gasteiger partial charge in [-0.1, -0.05) is 110 Å². The molecule has 1 fully saturated rings. The van der Waals surface area contributed by atoms with E-state index in [4.69, 9.17) is 0 Å². The molecular formula is C28H61N5. The van der Waals surface area contributed by atoms with Crippen LogP contribution >= 0.6 is 0 Å². The van der Waals surface area contributed by atoms with E-state index in [2.05, 4.69) is 33.5 Å². The molecule has 5 heteroatoms. The minimum Gasteiger partial charge on any atom is -0.314 e. The molecule has 0 aromatic carbocycles. The van der Waals surface area contributed by atoms with Gasteiger partial charge in [-0.05, 0) is 6.42 Å². The van der Waals surface area contributed by atoms with Crippen molar-refractivity contribution < 1.29 is 0 Å². The third kappa shape index (κ3) is 23.3. The number of hydrogen-bond donors (Lipinski definition) is 5. The second-order valence-electron chi connectivity index (χ2n) is 10.2. The molecule has 5 N–H and O–H groups in total. The lowest BCUT2D eigenvalue weighted by Gasteiger charge is -2.20. The second kappa shape index (κ2) is 26.4. The van der Waals surface area contributed by atoms with Gasteiger partial charge in [-0.2, -0.15) is 0 Å². The quantitative estimate of drug-likeness (QED) is 0.196. The predicted octanol–water partition coefficient (Wildman–Crippen LogP) is 4.97. The molecule has 0 radical (unpaired) electrons. The Balaban J connectivity index is 1.91. The van der Waals surface area contributed by atoms with Crippen molar-refractivity contribution in [2.45, 2.75) is 122 Å². The van der Waals surface area contributed by atoms with Gasteiger partial charge in [0.2, 0.25) is 0 Å². The van der Waals surface area contributed by atoms with Crippen molar-refractivity contribution in [1.82, 2.24) is 26.6 Å². The highest BCUT2D eigenvalue weighted by atomic mass is 15.0. The molecule has 0 aromatic rings. The van der Waals surface area contributed by atoms with Crippen LogP contribution in [0.3, 0.4) is 0 Å². The molecule has 1 aliphatic rings. The summed E-state index contributed by atoms with van der Waals surface area (Å²) in [4.78, 5) is 0. The first-order valence-electron chi connectivity index (χ1n) is 15.0. The second-order valence-corrected chi connectivity index (χ2v) is 10.2. The van der Waals surface area contributed by atoms with Crippen LogP contribution in [0, 0.1) is 0 Å². The van der Waals surface area contributed by atoms with E-state index in [1.165, 1.54) is 109 Å². The normalized spacial score (nSPS) is 19.7. The van der Waals surface area contributed by atoms with E-state index < -0.39 is 0 Å². The number of rotatable bonds is 17. The smallest absolute Gasteiger partial charge is 0.0193 e. The predicted molar refractivity (Wildman–Crippen MR) is 147 cm³/mol. The first-order valence-corrected chi connectivity index (χ1v) is 15.0. The highest BCUT2D eigenvalue weighted by Crippen LogP contribution is 2.14. The van der Waals surface area contributed by atoms with E-state index in [9.17, 15) is 0 Å². The van der Waals surface area contributed by atoms with Gasteiger partial charge in [0.05, 0.1) is 0 Å². The van der Waals surface area contributed by atoms with Crippen LogP contribution in [0.15, 0.2) is 0 Å². The Morgan fingerprint density at radius 2 is 0.788 bits per heavy atom. The SMILES string of the molecule is CCCCCCCCCCCCCCCCCCC1CNCCNCCNCCNCCN1. The molecule has 198 valence electrons. The zero-order valence-corrected chi connectivity index (χ0v) is 22.5. The van der Waals surface area contributed by atoms with E-state index >= 15 is 0 Å². The lowest BCUT2D eigenvalue weighted by Crippen LogP contribution is -2.43. The molecule has 0 spiro atoms. The van der Waals surface area contributed by atoms with E-state index in [0.717, 1.165) is 58.9 Å². The molecule has 1 aliphatic heterocycles. The Kier molecular flexibility index (Phi) is 24.7. The van der Waals surface area contributed by atoms with Crippen molar-refractivity contribution in [3.63, 3.8) is 0 Å². The van der Waals surface area contributed by atoms with Crippen molar-refractivity contribution >= 4 is 0 Å². The maximum absolute atomic E-state index is 3.78. The van der Waals surface area contributed by atoms with Gasteiger partial charge in [-0.3, -0.25) is 0 Å². The molecular weight excluding hydrogens is 406 g/mol. The fraction of sp³-hybridized carbons (Fsp3) is 1.00. The maximum atomic E-state index is 3.78. The first kappa shape index (κ1) is 30.8. The van der Waals surface area contributed by atoms with Crippen molar-refractivity contribution in [2.24, 2.45) is 0 Å². The highest BCUT2D eigenvalue weighted by molar-refractivity contribution is 4.71.